The average Bonchev–Trinajstić information content (AvgIpc) is 1.41. The molecule has 0 aromatic carbocycles. The predicted molar refractivity (Wildman–Crippen MR) is 24.3 cm³/mol. The fourth-order valence-electron chi connectivity index (χ4n) is 0.0786. The van der Waals surface area contributed by atoms with E-state index in [9.17, 15) is 0 Å². The van der Waals surface area contributed by atoms with Crippen molar-refractivity contribution in [2.45, 2.75) is 0 Å². The van der Waals surface area contributed by atoms with Crippen LogP contribution in [0.5, 0.6) is 0 Å². The molecule has 0 aliphatic carbocycles. The third kappa shape index (κ3) is 3.99. The van der Waals surface area contributed by atoms with Crippen molar-refractivity contribution < 1.29 is 4.65 Å². The van der Waals surface area contributed by atoms with Crippen LogP contribution in [-0.4, -0.2) is 28.5 Å². The first kappa shape index (κ1) is 4.99. The van der Waals surface area contributed by atoms with Crippen LogP contribution in [0.3, 0.4) is 0 Å². The fourth-order valence-corrected chi connectivity index (χ4v) is 0.0786. The van der Waals surface area contributed by atoms with Crippen LogP contribution in [0.25, 0.3) is 0 Å². The van der Waals surface area contributed by atoms with E-state index in [-0.39, 0.29) is 0 Å². The van der Waals surface area contributed by atoms with Gasteiger partial charge in [0.05, 0.1) is 0 Å². The van der Waals surface area contributed by atoms with E-state index in [1.807, 2.05) is 0 Å². The average molecular weight is 63.5 g/mol. The van der Waals surface area contributed by atoms with Gasteiger partial charge >= 0.3 is 33.2 Å². The Morgan fingerprint density at radius 1 is 1.80 bits per heavy atom. The molecular formula is CH3B3O. The zero-order valence-electron chi connectivity index (χ0n) is 3.14. The van der Waals surface area contributed by atoms with Crippen molar-refractivity contribution in [2.24, 2.45) is 0 Å². The van der Waals surface area contributed by atoms with E-state index in [0.717, 1.165) is 0 Å². The minimum absolute atomic E-state index is 1.33. The third-order valence-corrected chi connectivity index (χ3v) is 0.215. The molecule has 0 aromatic heterocycles. The predicted octanol–water partition coefficient (Wildman–Crippen LogP) is -1.05. The first-order valence-electron chi connectivity index (χ1n) is 1.31. The van der Waals surface area contributed by atoms with E-state index in [0.29, 0.717) is 0 Å². The monoisotopic (exact) mass is 64.0 g/mol. The summed E-state index contributed by atoms with van der Waals surface area (Å²) >= 11 is 0. The van der Waals surface area contributed by atoms with Gasteiger partial charge in [0.15, 0.2) is 0 Å². The Bertz CT molecular complexity index is 33.9. The number of hydrogen-bond acceptors (Lipinski definition) is 1. The molecule has 0 saturated carbocycles. The molecule has 0 bridgehead atoms. The van der Waals surface area contributed by atoms with Crippen molar-refractivity contribution in [2.75, 3.05) is 7.11 Å². The quantitative estimate of drug-likeness (QED) is 0.353. The van der Waals surface area contributed by atoms with Gasteiger partial charge in [-0.3, -0.25) is 0 Å². The Labute approximate surface area is 34.2 Å². The van der Waals surface area contributed by atoms with Crippen LogP contribution in [0.15, 0.2) is 0 Å². The summed E-state index contributed by atoms with van der Waals surface area (Å²) in [6, 6.07) is 0. The van der Waals surface area contributed by atoms with Gasteiger partial charge in [0.25, 0.3) is 0 Å². The van der Waals surface area contributed by atoms with E-state index >= 15 is 0 Å². The molecule has 0 saturated heterocycles. The maximum atomic E-state index is 4.83. The third-order valence-electron chi connectivity index (χ3n) is 0.215. The molecule has 0 rings (SSSR count). The first-order chi connectivity index (χ1) is 2.41. The molecule has 2 radical (unpaired) electrons. The van der Waals surface area contributed by atoms with Gasteiger partial charge in [-0.05, 0) is 0 Å². The van der Waals surface area contributed by atoms with Gasteiger partial charge in [-0.15, -0.1) is 0 Å². The second kappa shape index (κ2) is 3.99. The number of hydrogen-bond donors (Lipinski definition) is 0. The van der Waals surface area contributed by atoms with Crippen molar-refractivity contribution >= 4 is 21.4 Å². The molecule has 1 nitrogen and oxygen atoms in total. The molecular weight excluding hydrogens is 60.4 g/mol. The van der Waals surface area contributed by atoms with E-state index in [4.69, 9.17) is 7.74 Å². The van der Waals surface area contributed by atoms with Crippen molar-refractivity contribution in [1.29, 1.82) is 0 Å². The topological polar surface area (TPSA) is 9.23 Å². The van der Waals surface area contributed by atoms with Gasteiger partial charge in [0, 0.05) is 0 Å². The molecule has 0 N–H and O–H groups in total. The maximum absolute atomic E-state index is 4.83. The van der Waals surface area contributed by atoms with E-state index < -0.39 is 0 Å². The molecule has 5 heavy (non-hydrogen) atoms. The van der Waals surface area contributed by atoms with Crippen LogP contribution in [0.2, 0.25) is 0 Å². The summed E-state index contributed by atoms with van der Waals surface area (Å²) in [5.41, 5.74) is 0. The Balaban J connectivity index is 2.62. The second-order valence-corrected chi connectivity index (χ2v) is 0.564. The van der Waals surface area contributed by atoms with Gasteiger partial charge in [-0.2, -0.15) is 0 Å². The van der Waals surface area contributed by atoms with Crippen LogP contribution in [0, 0.1) is 0 Å². The van der Waals surface area contributed by atoms with Crippen LogP contribution in [0.4, 0.5) is 0 Å². The van der Waals surface area contributed by atoms with E-state index in [1.54, 1.807) is 7.11 Å². The molecule has 0 unspecified atom stereocenters. The summed E-state index contributed by atoms with van der Waals surface area (Å²) in [7, 11) is 7.78. The van der Waals surface area contributed by atoms with Gasteiger partial charge in [0.2, 0.25) is 0 Å². The summed E-state index contributed by atoms with van der Waals surface area (Å²) in [5, 5.41) is 0. The van der Waals surface area contributed by atoms with Gasteiger partial charge in [-0.25, -0.2) is 0 Å². The minimum atomic E-state index is 1.33. The Morgan fingerprint density at radius 3 is 2.40 bits per heavy atom. The van der Waals surface area contributed by atoms with Crippen LogP contribution < -0.4 is 0 Å². The Kier molecular flexibility index (Phi) is 3.99. The van der Waals surface area contributed by atoms with Gasteiger partial charge in [0.1, 0.15) is 0 Å². The molecule has 0 aliphatic rings. The standard InChI is InChI=1S/CH3B3O/c1-5-4-3-2/h1H3. The molecule has 0 atom stereocenters. The van der Waals surface area contributed by atoms with Crippen molar-refractivity contribution in [3.05, 3.63) is 0 Å². The molecule has 22 valence electrons. The summed E-state index contributed by atoms with van der Waals surface area (Å²) in [4.78, 5) is 0. The molecule has 0 amide bonds. The number of rotatable bonds is 1. The molecule has 0 aromatic rings. The fraction of sp³-hybridized carbons (Fsp3) is 1.00. The van der Waals surface area contributed by atoms with Gasteiger partial charge < -0.3 is 0 Å². The summed E-state index contributed by atoms with van der Waals surface area (Å²) in [6.07, 6.45) is 0. The Morgan fingerprint density at radius 2 is 2.40 bits per heavy atom. The van der Waals surface area contributed by atoms with Crippen molar-refractivity contribution in [3.63, 3.8) is 0 Å². The van der Waals surface area contributed by atoms with Crippen molar-refractivity contribution in [3.8, 4) is 0 Å². The molecule has 0 heterocycles. The van der Waals surface area contributed by atoms with E-state index in [1.165, 1.54) is 13.7 Å². The van der Waals surface area contributed by atoms with Crippen LogP contribution in [0.1, 0.15) is 0 Å². The molecule has 4 heteroatoms. The van der Waals surface area contributed by atoms with Crippen LogP contribution >= 0.6 is 0 Å². The van der Waals surface area contributed by atoms with Gasteiger partial charge in [-0.1, -0.05) is 0 Å². The molecule has 0 spiro atoms. The van der Waals surface area contributed by atoms with Crippen molar-refractivity contribution in [1.82, 2.24) is 0 Å². The second-order valence-electron chi connectivity index (χ2n) is 0.564. The molecule has 0 aliphatic heterocycles. The summed E-state index contributed by atoms with van der Waals surface area (Å²) in [6.45, 7) is 1.33. The summed E-state index contributed by atoms with van der Waals surface area (Å²) in [5.74, 6) is 0. The van der Waals surface area contributed by atoms with Crippen LogP contribution in [-0.2, 0) is 4.65 Å². The SMILES string of the molecule is [B]B=BOC. The Hall–Kier alpha value is -0.00519. The normalized spacial score (nSPS) is 5.80. The first-order valence-corrected chi connectivity index (χ1v) is 1.31. The zero-order chi connectivity index (χ0) is 4.12. The van der Waals surface area contributed by atoms with E-state index in [2.05, 4.69) is 4.65 Å². The zero-order valence-corrected chi connectivity index (χ0v) is 3.14. The summed E-state index contributed by atoms with van der Waals surface area (Å²) < 4.78 is 4.39. The molecule has 0 fully saturated rings.